The first kappa shape index (κ1) is 60.3. The summed E-state index contributed by atoms with van der Waals surface area (Å²) in [7, 11) is -12.7. The Morgan fingerprint density at radius 2 is 0.902 bits per heavy atom. The summed E-state index contributed by atoms with van der Waals surface area (Å²) in [4.78, 5) is -2.76. The van der Waals surface area contributed by atoms with Gasteiger partial charge in [0.05, 0.1) is 87.5 Å². The summed E-state index contributed by atoms with van der Waals surface area (Å²) in [5.41, 5.74) is 3.13. The molecule has 0 heterocycles. The van der Waals surface area contributed by atoms with Crippen LogP contribution in [-0.2, 0) is 58.5 Å². The highest BCUT2D eigenvalue weighted by molar-refractivity contribution is 7.95. The minimum atomic E-state index is -5.29. The minimum absolute atomic E-state index is 0.00354. The zero-order chi connectivity index (χ0) is 59.3. The van der Waals surface area contributed by atoms with Gasteiger partial charge in [0, 0.05) is 16.8 Å². The van der Waals surface area contributed by atoms with E-state index >= 15 is 0 Å². The van der Waals surface area contributed by atoms with Crippen molar-refractivity contribution in [2.45, 2.75) is 29.4 Å². The van der Waals surface area contributed by atoms with Gasteiger partial charge >= 0.3 is 0 Å². The molecule has 8 aromatic rings. The summed E-state index contributed by atoms with van der Waals surface area (Å²) in [5.74, 6) is -2.10. The fourth-order valence-corrected chi connectivity index (χ4v) is 10.9. The van der Waals surface area contributed by atoms with Crippen LogP contribution in [0.1, 0.15) is 0 Å². The number of methoxy groups -OCH3 is 2. The standard InChI is InChI=1S/C44H33N9O23S6/c1-69-24-6-9-28(30(17-24)77-74-71-57)48-53-40-34(81(63,64)65)14-20-11-22(5-8-26(20)42(40)54)46-52-41-35(82(66,67)68)15-21-13-31(78-75-72-58)38(37(45)36(21)44(41)56)50-47-23-4-3-19-12-32(79-76-73-59)39(43(55)27(19)16-23)51-49-29-10-7-25(70-2)18-33(29)80(60,61)62/h3-18,54-59H,45H2,1-2H3,(H,60,61,62)(H,63,64,65)(H,66,67,68). The molecular formula is C44H33N9O23S6. The molecule has 0 aromatic heterocycles. The van der Waals surface area contributed by atoms with Crippen LogP contribution in [0.3, 0.4) is 0 Å². The van der Waals surface area contributed by atoms with Gasteiger partial charge in [0.25, 0.3) is 30.4 Å². The maximum atomic E-state index is 12.9. The molecule has 428 valence electrons. The van der Waals surface area contributed by atoms with Crippen molar-refractivity contribution in [3.8, 4) is 28.7 Å². The molecule has 82 heavy (non-hydrogen) atoms. The van der Waals surface area contributed by atoms with Crippen LogP contribution in [-0.4, -0.2) is 84.2 Å². The van der Waals surface area contributed by atoms with E-state index in [0.29, 0.717) is 29.8 Å². The molecule has 0 aliphatic carbocycles. The molecule has 0 radical (unpaired) electrons. The first-order chi connectivity index (χ1) is 39.0. The van der Waals surface area contributed by atoms with Gasteiger partial charge in [-0.15, -0.1) is 43.7 Å². The molecule has 0 atom stereocenters. The van der Waals surface area contributed by atoms with Crippen molar-refractivity contribution in [2.75, 3.05) is 20.0 Å². The average Bonchev–Trinajstić information content (AvgIpc) is 3.64. The third-order valence-electron chi connectivity index (χ3n) is 11.1. The van der Waals surface area contributed by atoms with E-state index in [-0.39, 0.29) is 98.9 Å². The topological polar surface area (TPSA) is 483 Å². The molecule has 32 nitrogen and oxygen atoms in total. The predicted molar refractivity (Wildman–Crippen MR) is 285 cm³/mol. The van der Waals surface area contributed by atoms with Crippen LogP contribution in [0.5, 0.6) is 28.7 Å². The monoisotopic (exact) mass is 1250 g/mol. The summed E-state index contributed by atoms with van der Waals surface area (Å²) < 4.78 is 130. The molecule has 0 saturated carbocycles. The molecular weight excluding hydrogens is 1210 g/mol. The van der Waals surface area contributed by atoms with E-state index in [2.05, 4.69) is 69.0 Å². The van der Waals surface area contributed by atoms with Crippen LogP contribution < -0.4 is 15.2 Å². The SMILES string of the molecule is COc1ccc(N=Nc2c(S(=O)(=O)O)cc3cc(N=Nc4c(S(=O)(=O)O)cc5cc(SOOO)c(N=Nc6ccc7cc(SOOO)c(N=Nc8ccc(OC)cc8S(=O)(=O)O)c(O)c7c6)c(N)c5c4O)ccc3c2O)c(SOOO)c1. The van der Waals surface area contributed by atoms with Gasteiger partial charge in [-0.2, -0.15) is 35.5 Å². The lowest BCUT2D eigenvalue weighted by Gasteiger charge is -2.14. The molecule has 0 spiro atoms. The number of hydrogen-bond donors (Lipinski definition) is 10. The van der Waals surface area contributed by atoms with Gasteiger partial charge in [-0.05, 0) is 101 Å². The van der Waals surface area contributed by atoms with Gasteiger partial charge in [-0.1, -0.05) is 21.2 Å². The highest BCUT2D eigenvalue weighted by Gasteiger charge is 2.27. The van der Waals surface area contributed by atoms with Crippen molar-refractivity contribution in [3.05, 3.63) is 97.1 Å². The van der Waals surface area contributed by atoms with Crippen molar-refractivity contribution in [3.63, 3.8) is 0 Å². The molecule has 8 aromatic carbocycles. The normalized spacial score (nSPS) is 12.6. The summed E-state index contributed by atoms with van der Waals surface area (Å²) in [6.07, 6.45) is 0. The van der Waals surface area contributed by atoms with Crippen molar-refractivity contribution in [2.24, 2.45) is 40.9 Å². The molecule has 0 aliphatic heterocycles. The van der Waals surface area contributed by atoms with Gasteiger partial charge in [-0.3, -0.25) is 13.7 Å². The Labute approximate surface area is 471 Å². The quantitative estimate of drug-likeness (QED) is 0.00752. The number of fused-ring (bicyclic) bond motifs is 3. The fraction of sp³-hybridized carbons (Fsp3) is 0.0455. The maximum Gasteiger partial charge on any atom is 0.296 e. The van der Waals surface area contributed by atoms with Gasteiger partial charge in [0.1, 0.15) is 60.3 Å². The molecule has 0 fully saturated rings. The number of nitrogen functional groups attached to an aromatic ring is 1. The minimum Gasteiger partial charge on any atom is -0.505 e. The number of rotatable bonds is 22. The summed E-state index contributed by atoms with van der Waals surface area (Å²) >= 11 is 1.08. The van der Waals surface area contributed by atoms with E-state index in [1.807, 2.05) is 0 Å². The number of azo groups is 4. The van der Waals surface area contributed by atoms with E-state index in [1.165, 1.54) is 74.9 Å². The van der Waals surface area contributed by atoms with Gasteiger partial charge < -0.3 is 30.5 Å². The fourth-order valence-electron chi connectivity index (χ4n) is 7.48. The zero-order valence-corrected chi connectivity index (χ0v) is 45.5. The zero-order valence-electron chi connectivity index (χ0n) is 40.6. The number of nitrogens with zero attached hydrogens (tertiary/aromatic N) is 8. The van der Waals surface area contributed by atoms with Crippen molar-refractivity contribution in [1.82, 2.24) is 0 Å². The van der Waals surface area contributed by atoms with Gasteiger partial charge in [-0.25, -0.2) is 15.8 Å². The Hall–Kier alpha value is -7.84. The Bertz CT molecular complexity index is 4330. The van der Waals surface area contributed by atoms with Crippen LogP contribution in [0.15, 0.2) is 167 Å². The van der Waals surface area contributed by atoms with Crippen LogP contribution in [0, 0.1) is 0 Å². The van der Waals surface area contributed by atoms with Crippen LogP contribution >= 0.6 is 36.1 Å². The first-order valence-corrected chi connectivity index (χ1v) is 28.1. The lowest BCUT2D eigenvalue weighted by Crippen LogP contribution is -2.00. The van der Waals surface area contributed by atoms with E-state index in [9.17, 15) is 54.2 Å². The smallest absolute Gasteiger partial charge is 0.296 e. The number of aromatic hydroxyl groups is 3. The molecule has 0 amide bonds. The third kappa shape index (κ3) is 13.2. The lowest BCUT2D eigenvalue weighted by molar-refractivity contribution is -0.432. The molecule has 38 heteroatoms. The maximum absolute atomic E-state index is 12.9. The highest BCUT2D eigenvalue weighted by atomic mass is 32.2. The van der Waals surface area contributed by atoms with Crippen LogP contribution in [0.2, 0.25) is 0 Å². The number of anilines is 1. The van der Waals surface area contributed by atoms with Crippen molar-refractivity contribution in [1.29, 1.82) is 0 Å². The van der Waals surface area contributed by atoms with E-state index in [4.69, 9.17) is 31.0 Å². The van der Waals surface area contributed by atoms with Crippen molar-refractivity contribution >= 4 is 150 Å². The Morgan fingerprint density at radius 3 is 1.51 bits per heavy atom. The molecule has 8 rings (SSSR count). The number of hydrogen-bond acceptors (Lipinski definition) is 32. The van der Waals surface area contributed by atoms with E-state index in [1.54, 1.807) is 0 Å². The van der Waals surface area contributed by atoms with Crippen LogP contribution in [0.25, 0.3) is 32.3 Å². The number of phenolic OH excluding ortho intramolecular Hbond substituents is 3. The van der Waals surface area contributed by atoms with Gasteiger partial charge in [0.15, 0.2) is 17.2 Å². The summed E-state index contributed by atoms with van der Waals surface area (Å²) in [6.45, 7) is 0. The number of ether oxygens (including phenoxy) is 2. The summed E-state index contributed by atoms with van der Waals surface area (Å²) in [5, 5.41) is 104. The largest absolute Gasteiger partial charge is 0.505 e. The summed E-state index contributed by atoms with van der Waals surface area (Å²) in [6, 6.07) is 19.5. The van der Waals surface area contributed by atoms with Crippen molar-refractivity contribution < 1.29 is 108 Å². The molecule has 0 saturated heterocycles. The number of benzene rings is 8. The Morgan fingerprint density at radius 1 is 0.427 bits per heavy atom. The van der Waals surface area contributed by atoms with E-state index < -0.39 is 79.4 Å². The molecule has 11 N–H and O–H groups in total. The molecule has 0 aliphatic rings. The van der Waals surface area contributed by atoms with Crippen LogP contribution in [0.4, 0.5) is 51.2 Å². The Kier molecular flexibility index (Phi) is 18.5. The Balaban J connectivity index is 1.19. The van der Waals surface area contributed by atoms with Gasteiger partial charge in [0.2, 0.25) is 0 Å². The predicted octanol–water partition coefficient (Wildman–Crippen LogP) is 12.5. The van der Waals surface area contributed by atoms with E-state index in [0.717, 1.165) is 36.4 Å². The lowest BCUT2D eigenvalue weighted by atomic mass is 10.0. The third-order valence-corrected chi connectivity index (χ3v) is 15.6. The second-order valence-corrected chi connectivity index (χ2v) is 22.2. The second-order valence-electron chi connectivity index (χ2n) is 15.8. The molecule has 0 unspecified atom stereocenters. The average molecular weight is 1250 g/mol. The first-order valence-electron chi connectivity index (χ1n) is 21.6. The number of phenols is 3. The highest BCUT2D eigenvalue weighted by Crippen LogP contribution is 2.51. The molecule has 0 bridgehead atoms. The second kappa shape index (κ2) is 25.1. The number of nitrogens with two attached hydrogens (primary N) is 1.